The summed E-state index contributed by atoms with van der Waals surface area (Å²) in [5.74, 6) is 3.12. The van der Waals surface area contributed by atoms with E-state index in [1.54, 1.807) is 0 Å². The first-order valence-corrected chi connectivity index (χ1v) is 8.48. The summed E-state index contributed by atoms with van der Waals surface area (Å²) in [4.78, 5) is 5.14. The Morgan fingerprint density at radius 3 is 2.71 bits per heavy atom. The molecule has 21 heavy (non-hydrogen) atoms. The SMILES string of the molecule is CCn1c(C)nnc1CN(C)[C@H]1CCN(CC2CCC2)C1. The molecule has 1 aromatic heterocycles. The molecule has 0 unspecified atom stereocenters. The molecule has 2 aliphatic rings. The molecule has 1 aromatic rings. The average molecular weight is 291 g/mol. The van der Waals surface area contributed by atoms with Gasteiger partial charge in [0, 0.05) is 25.7 Å². The molecule has 2 fully saturated rings. The number of nitrogens with zero attached hydrogens (tertiary/aromatic N) is 5. The van der Waals surface area contributed by atoms with Crippen molar-refractivity contribution in [1.82, 2.24) is 24.6 Å². The minimum Gasteiger partial charge on any atom is -0.314 e. The monoisotopic (exact) mass is 291 g/mol. The van der Waals surface area contributed by atoms with Gasteiger partial charge >= 0.3 is 0 Å². The third kappa shape index (κ3) is 3.29. The first-order chi connectivity index (χ1) is 10.2. The van der Waals surface area contributed by atoms with Crippen LogP contribution in [0.3, 0.4) is 0 Å². The minimum absolute atomic E-state index is 0.674. The Hall–Kier alpha value is -0.940. The Bertz CT molecular complexity index is 465. The van der Waals surface area contributed by atoms with Crippen LogP contribution in [0.1, 0.15) is 44.3 Å². The molecule has 0 aromatic carbocycles. The van der Waals surface area contributed by atoms with Crippen molar-refractivity contribution in [3.63, 3.8) is 0 Å². The number of likely N-dealkylation sites (tertiary alicyclic amines) is 1. The first kappa shape index (κ1) is 15.0. The number of aryl methyl sites for hydroxylation is 1. The first-order valence-electron chi connectivity index (χ1n) is 8.48. The summed E-state index contributed by atoms with van der Waals surface area (Å²) in [6.45, 7) is 9.90. The molecule has 0 amide bonds. The van der Waals surface area contributed by atoms with Gasteiger partial charge in [-0.25, -0.2) is 0 Å². The van der Waals surface area contributed by atoms with E-state index >= 15 is 0 Å². The summed E-state index contributed by atoms with van der Waals surface area (Å²) in [6.07, 6.45) is 5.65. The van der Waals surface area contributed by atoms with Gasteiger partial charge in [0.25, 0.3) is 0 Å². The fraction of sp³-hybridized carbons (Fsp3) is 0.875. The minimum atomic E-state index is 0.674. The van der Waals surface area contributed by atoms with Crippen LogP contribution in [0.4, 0.5) is 0 Å². The Balaban J connectivity index is 1.52. The Morgan fingerprint density at radius 2 is 2.05 bits per heavy atom. The van der Waals surface area contributed by atoms with Crippen molar-refractivity contribution in [2.75, 3.05) is 26.7 Å². The lowest BCUT2D eigenvalue weighted by molar-refractivity contribution is 0.180. The molecular formula is C16H29N5. The fourth-order valence-electron chi connectivity index (χ4n) is 3.68. The van der Waals surface area contributed by atoms with Crippen LogP contribution in [-0.2, 0) is 13.1 Å². The maximum absolute atomic E-state index is 4.35. The topological polar surface area (TPSA) is 37.2 Å². The van der Waals surface area contributed by atoms with Gasteiger partial charge in [-0.1, -0.05) is 6.42 Å². The van der Waals surface area contributed by atoms with Crippen LogP contribution in [0.15, 0.2) is 0 Å². The van der Waals surface area contributed by atoms with Crippen molar-refractivity contribution in [3.05, 3.63) is 11.6 Å². The van der Waals surface area contributed by atoms with Crippen molar-refractivity contribution in [3.8, 4) is 0 Å². The van der Waals surface area contributed by atoms with E-state index in [1.165, 1.54) is 45.3 Å². The van der Waals surface area contributed by atoms with Gasteiger partial charge < -0.3 is 9.47 Å². The predicted molar refractivity (Wildman–Crippen MR) is 84.1 cm³/mol. The molecule has 0 spiro atoms. The van der Waals surface area contributed by atoms with E-state index in [4.69, 9.17) is 0 Å². The predicted octanol–water partition coefficient (Wildman–Crippen LogP) is 1.91. The molecule has 5 nitrogen and oxygen atoms in total. The van der Waals surface area contributed by atoms with Crippen molar-refractivity contribution in [2.24, 2.45) is 5.92 Å². The fourth-order valence-corrected chi connectivity index (χ4v) is 3.68. The van der Waals surface area contributed by atoms with E-state index in [1.807, 2.05) is 6.92 Å². The third-order valence-electron chi connectivity index (χ3n) is 5.33. The second-order valence-electron chi connectivity index (χ2n) is 6.82. The molecule has 1 saturated heterocycles. The number of hydrogen-bond acceptors (Lipinski definition) is 4. The van der Waals surface area contributed by atoms with Gasteiger partial charge in [0.1, 0.15) is 11.6 Å². The average Bonchev–Trinajstić information content (AvgIpc) is 3.01. The van der Waals surface area contributed by atoms with Crippen LogP contribution in [0, 0.1) is 12.8 Å². The quantitative estimate of drug-likeness (QED) is 0.802. The van der Waals surface area contributed by atoms with Crippen LogP contribution >= 0.6 is 0 Å². The number of likely N-dealkylation sites (N-methyl/N-ethyl adjacent to an activating group) is 1. The maximum atomic E-state index is 4.35. The van der Waals surface area contributed by atoms with Gasteiger partial charge in [-0.3, -0.25) is 4.90 Å². The highest BCUT2D eigenvalue weighted by molar-refractivity contribution is 4.95. The van der Waals surface area contributed by atoms with Crippen LogP contribution in [0.25, 0.3) is 0 Å². The van der Waals surface area contributed by atoms with Crippen molar-refractivity contribution in [1.29, 1.82) is 0 Å². The largest absolute Gasteiger partial charge is 0.314 e. The van der Waals surface area contributed by atoms with Crippen molar-refractivity contribution < 1.29 is 0 Å². The molecule has 0 bridgehead atoms. The Kier molecular flexibility index (Phi) is 4.60. The lowest BCUT2D eigenvalue weighted by Gasteiger charge is -2.30. The summed E-state index contributed by atoms with van der Waals surface area (Å²) in [7, 11) is 2.24. The van der Waals surface area contributed by atoms with Gasteiger partial charge in [-0.15, -0.1) is 10.2 Å². The van der Waals surface area contributed by atoms with E-state index in [-0.39, 0.29) is 0 Å². The van der Waals surface area contributed by atoms with Gasteiger partial charge in [0.05, 0.1) is 6.54 Å². The van der Waals surface area contributed by atoms with E-state index in [2.05, 4.69) is 38.5 Å². The number of aromatic nitrogens is 3. The van der Waals surface area contributed by atoms with Crippen molar-refractivity contribution in [2.45, 2.75) is 58.7 Å². The molecule has 0 N–H and O–H groups in total. The van der Waals surface area contributed by atoms with Crippen LogP contribution in [0.5, 0.6) is 0 Å². The third-order valence-corrected chi connectivity index (χ3v) is 5.33. The summed E-state index contributed by atoms with van der Waals surface area (Å²) in [6, 6.07) is 0.674. The molecule has 3 rings (SSSR count). The number of rotatable bonds is 6. The molecule has 5 heteroatoms. The maximum Gasteiger partial charge on any atom is 0.147 e. The van der Waals surface area contributed by atoms with E-state index in [9.17, 15) is 0 Å². The summed E-state index contributed by atoms with van der Waals surface area (Å²) in [5, 5.41) is 8.56. The molecule has 1 aliphatic carbocycles. The number of hydrogen-bond donors (Lipinski definition) is 0. The molecular weight excluding hydrogens is 262 g/mol. The molecule has 118 valence electrons. The van der Waals surface area contributed by atoms with E-state index in [0.29, 0.717) is 6.04 Å². The van der Waals surface area contributed by atoms with Gasteiger partial charge in [-0.2, -0.15) is 0 Å². The van der Waals surface area contributed by atoms with Crippen LogP contribution < -0.4 is 0 Å². The second kappa shape index (κ2) is 6.44. The highest BCUT2D eigenvalue weighted by atomic mass is 15.3. The normalized spacial score (nSPS) is 23.9. The van der Waals surface area contributed by atoms with Gasteiger partial charge in [0.2, 0.25) is 0 Å². The summed E-state index contributed by atoms with van der Waals surface area (Å²) >= 11 is 0. The summed E-state index contributed by atoms with van der Waals surface area (Å²) in [5.41, 5.74) is 0. The van der Waals surface area contributed by atoms with Crippen LogP contribution in [-0.4, -0.2) is 57.3 Å². The molecule has 1 atom stereocenters. The molecule has 1 aliphatic heterocycles. The highest BCUT2D eigenvalue weighted by Crippen LogP contribution is 2.28. The lowest BCUT2D eigenvalue weighted by atomic mass is 9.85. The second-order valence-corrected chi connectivity index (χ2v) is 6.82. The lowest BCUT2D eigenvalue weighted by Crippen LogP contribution is -2.37. The zero-order valence-electron chi connectivity index (χ0n) is 13.8. The molecule has 1 saturated carbocycles. The van der Waals surface area contributed by atoms with Gasteiger partial charge in [-0.05, 0) is 52.6 Å². The zero-order chi connectivity index (χ0) is 14.8. The van der Waals surface area contributed by atoms with Crippen LogP contribution in [0.2, 0.25) is 0 Å². The Morgan fingerprint density at radius 1 is 1.24 bits per heavy atom. The molecule has 2 heterocycles. The smallest absolute Gasteiger partial charge is 0.147 e. The summed E-state index contributed by atoms with van der Waals surface area (Å²) < 4.78 is 2.22. The molecule has 0 radical (unpaired) electrons. The van der Waals surface area contributed by atoms with E-state index < -0.39 is 0 Å². The highest BCUT2D eigenvalue weighted by Gasteiger charge is 2.29. The zero-order valence-corrected chi connectivity index (χ0v) is 13.8. The van der Waals surface area contributed by atoms with Crippen molar-refractivity contribution >= 4 is 0 Å². The Labute approximate surface area is 128 Å². The van der Waals surface area contributed by atoms with Gasteiger partial charge in [0.15, 0.2) is 0 Å². The van der Waals surface area contributed by atoms with E-state index in [0.717, 1.165) is 30.7 Å². The standard InChI is InChI=1S/C16H29N5/c1-4-21-13(2)17-18-16(21)12-19(3)15-8-9-20(11-15)10-14-6-5-7-14/h14-15H,4-12H2,1-3H3/t15-/m0/s1.